The third-order valence-corrected chi connectivity index (χ3v) is 5.73. The van der Waals surface area contributed by atoms with E-state index in [4.69, 9.17) is 0 Å². The van der Waals surface area contributed by atoms with Crippen LogP contribution in [0.4, 0.5) is 16.2 Å². The molecule has 0 saturated heterocycles. The summed E-state index contributed by atoms with van der Waals surface area (Å²) in [7, 11) is 0. The molecule has 0 saturated carbocycles. The van der Waals surface area contributed by atoms with Gasteiger partial charge in [-0.15, -0.1) is 12.4 Å². The molecule has 7 nitrogen and oxygen atoms in total. The Balaban J connectivity index is 0.00000231. The van der Waals surface area contributed by atoms with Gasteiger partial charge in [0.15, 0.2) is 0 Å². The average molecular weight is 438 g/mol. The zero-order valence-corrected chi connectivity index (χ0v) is 17.8. The molecule has 0 radical (unpaired) electrons. The number of pyridine rings is 1. The maximum Gasteiger partial charge on any atom is 0.426 e. The zero-order chi connectivity index (χ0) is 20.5. The number of hydrogen-bond donors (Lipinski definition) is 2. The second kappa shape index (κ2) is 8.93. The molecule has 3 heterocycles. The minimum absolute atomic E-state index is 0. The van der Waals surface area contributed by atoms with E-state index in [1.165, 1.54) is 16.1 Å². The molecule has 3 aromatic rings. The van der Waals surface area contributed by atoms with Crippen LogP contribution in [-0.4, -0.2) is 32.7 Å². The van der Waals surface area contributed by atoms with E-state index in [-0.39, 0.29) is 12.4 Å². The van der Waals surface area contributed by atoms with E-state index in [9.17, 15) is 9.90 Å². The lowest BCUT2D eigenvalue weighted by Crippen LogP contribution is -2.48. The Hall–Kier alpha value is -3.13. The van der Waals surface area contributed by atoms with Gasteiger partial charge >= 0.3 is 6.09 Å². The molecule has 31 heavy (non-hydrogen) atoms. The van der Waals surface area contributed by atoms with Crippen LogP contribution in [0.3, 0.4) is 0 Å². The van der Waals surface area contributed by atoms with Gasteiger partial charge in [-0.05, 0) is 46.9 Å². The minimum atomic E-state index is -0.955. The van der Waals surface area contributed by atoms with Gasteiger partial charge in [0.05, 0.1) is 11.4 Å². The van der Waals surface area contributed by atoms with Crippen molar-refractivity contribution >= 4 is 29.9 Å². The molecule has 2 aliphatic rings. The lowest BCUT2D eigenvalue weighted by molar-refractivity contribution is 0.162. The molecule has 5 rings (SSSR count). The highest BCUT2D eigenvalue weighted by Gasteiger charge is 2.31. The van der Waals surface area contributed by atoms with Gasteiger partial charge < -0.3 is 10.5 Å². The van der Waals surface area contributed by atoms with E-state index in [0.717, 1.165) is 28.9 Å². The highest BCUT2D eigenvalue weighted by molar-refractivity contribution is 5.86. The third kappa shape index (κ3) is 4.20. The van der Waals surface area contributed by atoms with Crippen molar-refractivity contribution in [2.45, 2.75) is 26.1 Å². The van der Waals surface area contributed by atoms with Crippen LogP contribution in [0.15, 0.2) is 67.0 Å². The minimum Gasteiger partial charge on any atom is -0.464 e. The van der Waals surface area contributed by atoms with E-state index in [1.807, 2.05) is 41.4 Å². The number of aromatic nitrogens is 1. The summed E-state index contributed by atoms with van der Waals surface area (Å²) in [5.74, 6) is 0. The molecule has 0 bridgehead atoms. The molecule has 0 unspecified atom stereocenters. The van der Waals surface area contributed by atoms with Gasteiger partial charge in [-0.25, -0.2) is 19.8 Å². The molecule has 0 fully saturated rings. The Morgan fingerprint density at radius 1 is 0.935 bits per heavy atom. The first kappa shape index (κ1) is 21.1. The fourth-order valence-electron chi connectivity index (χ4n) is 4.32. The molecule has 0 spiro atoms. The number of benzene rings is 2. The Morgan fingerprint density at radius 3 is 2.45 bits per heavy atom. The van der Waals surface area contributed by atoms with Gasteiger partial charge in [0.2, 0.25) is 0 Å². The van der Waals surface area contributed by atoms with Crippen molar-refractivity contribution in [3.8, 4) is 0 Å². The van der Waals surface area contributed by atoms with Crippen LogP contribution in [0.1, 0.15) is 22.3 Å². The van der Waals surface area contributed by atoms with Gasteiger partial charge in [0.1, 0.15) is 0 Å². The number of carbonyl (C=O) groups is 1. The number of rotatable bonds is 4. The number of hydrazine groups is 2. The summed E-state index contributed by atoms with van der Waals surface area (Å²) in [5.41, 5.74) is 9.74. The molecular formula is C23H24ClN5O2. The summed E-state index contributed by atoms with van der Waals surface area (Å²) in [6.07, 6.45) is 3.38. The molecule has 160 valence electrons. The molecule has 1 amide bonds. The van der Waals surface area contributed by atoms with Gasteiger partial charge in [0, 0.05) is 38.6 Å². The van der Waals surface area contributed by atoms with Crippen LogP contribution in [-0.2, 0) is 26.1 Å². The number of hydrogen-bond acceptors (Lipinski definition) is 5. The zero-order valence-electron chi connectivity index (χ0n) is 16.9. The van der Waals surface area contributed by atoms with Crippen LogP contribution in [0, 0.1) is 0 Å². The quantitative estimate of drug-likeness (QED) is 0.634. The average Bonchev–Trinajstić information content (AvgIpc) is 3.17. The van der Waals surface area contributed by atoms with Gasteiger partial charge in [0.25, 0.3) is 0 Å². The Labute approximate surface area is 187 Å². The summed E-state index contributed by atoms with van der Waals surface area (Å²) < 4.78 is 0. The van der Waals surface area contributed by atoms with Crippen LogP contribution < -0.4 is 10.4 Å². The van der Waals surface area contributed by atoms with Crippen molar-refractivity contribution in [3.63, 3.8) is 0 Å². The van der Waals surface area contributed by atoms with Crippen LogP contribution in [0.5, 0.6) is 0 Å². The van der Waals surface area contributed by atoms with Gasteiger partial charge in [-0.3, -0.25) is 4.98 Å². The topological polar surface area (TPSA) is 71.9 Å². The maximum absolute atomic E-state index is 12.3. The monoisotopic (exact) mass is 437 g/mol. The van der Waals surface area contributed by atoms with E-state index in [2.05, 4.69) is 33.6 Å². The summed E-state index contributed by atoms with van der Waals surface area (Å²) in [4.78, 5) is 16.4. The predicted molar refractivity (Wildman–Crippen MR) is 122 cm³/mol. The lowest BCUT2D eigenvalue weighted by atomic mass is 10.0. The van der Waals surface area contributed by atoms with Gasteiger partial charge in [-0.1, -0.05) is 36.4 Å². The summed E-state index contributed by atoms with van der Waals surface area (Å²) in [5, 5.41) is 15.6. The number of amides is 1. The summed E-state index contributed by atoms with van der Waals surface area (Å²) >= 11 is 0. The molecule has 0 aliphatic carbocycles. The number of anilines is 2. The second-order valence-corrected chi connectivity index (χ2v) is 7.62. The Bertz CT molecular complexity index is 1080. The van der Waals surface area contributed by atoms with Crippen molar-refractivity contribution in [2.75, 3.05) is 17.0 Å². The van der Waals surface area contributed by atoms with E-state index in [0.29, 0.717) is 26.2 Å². The molecule has 0 atom stereocenters. The third-order valence-electron chi connectivity index (χ3n) is 5.73. The normalized spacial score (nSPS) is 15.5. The fourth-order valence-corrected chi connectivity index (χ4v) is 4.32. The Morgan fingerprint density at radius 2 is 1.68 bits per heavy atom. The molecule has 2 N–H and O–H groups in total. The van der Waals surface area contributed by atoms with Crippen LogP contribution >= 0.6 is 12.4 Å². The fraction of sp³-hybridized carbons (Fsp3) is 0.217. The Kier molecular flexibility index (Phi) is 6.08. The molecule has 8 heteroatoms. The summed E-state index contributed by atoms with van der Waals surface area (Å²) in [6.45, 7) is 2.60. The number of nitrogens with zero attached hydrogens (tertiary/aromatic N) is 4. The highest BCUT2D eigenvalue weighted by atomic mass is 35.5. The first-order valence-electron chi connectivity index (χ1n) is 10.1. The molecular weight excluding hydrogens is 414 g/mol. The second-order valence-electron chi connectivity index (χ2n) is 7.62. The van der Waals surface area contributed by atoms with Crippen molar-refractivity contribution in [2.24, 2.45) is 0 Å². The van der Waals surface area contributed by atoms with Crippen molar-refractivity contribution in [3.05, 3.63) is 89.2 Å². The van der Waals surface area contributed by atoms with E-state index < -0.39 is 6.09 Å². The van der Waals surface area contributed by atoms with E-state index >= 15 is 0 Å². The standard InChI is InChI=1S/C23H23N5O2.ClH/c29-23(30)28(27-13-10-17-4-1-2-5-18(17)15-27)22-7-3-6-19-14-26(16-21(19)22)25-20-8-11-24-12-9-20;/h1-9,11-12H,10,13-16H2,(H,24,25)(H,29,30);1H. The smallest absolute Gasteiger partial charge is 0.426 e. The first-order chi connectivity index (χ1) is 14.7. The van der Waals surface area contributed by atoms with Crippen LogP contribution in [0.25, 0.3) is 0 Å². The molecule has 2 aromatic carbocycles. The summed E-state index contributed by atoms with van der Waals surface area (Å²) in [6, 6.07) is 18.0. The SMILES string of the molecule is Cl.O=C(O)N(c1cccc2c1CN(Nc1ccncc1)C2)N1CCc2ccccc2C1. The highest BCUT2D eigenvalue weighted by Crippen LogP contribution is 2.34. The van der Waals surface area contributed by atoms with Crippen molar-refractivity contribution < 1.29 is 9.90 Å². The number of nitrogens with one attached hydrogen (secondary N) is 1. The van der Waals surface area contributed by atoms with Crippen molar-refractivity contribution in [1.82, 2.24) is 15.0 Å². The van der Waals surface area contributed by atoms with Gasteiger partial charge in [-0.2, -0.15) is 0 Å². The largest absolute Gasteiger partial charge is 0.464 e. The number of halogens is 1. The van der Waals surface area contributed by atoms with Crippen molar-refractivity contribution in [1.29, 1.82) is 0 Å². The lowest BCUT2D eigenvalue weighted by Gasteiger charge is -2.37. The van der Waals surface area contributed by atoms with E-state index in [1.54, 1.807) is 12.4 Å². The number of fused-ring (bicyclic) bond motifs is 2. The molecule has 1 aromatic heterocycles. The first-order valence-corrected chi connectivity index (χ1v) is 10.1. The molecule has 2 aliphatic heterocycles. The maximum atomic E-state index is 12.3. The number of carboxylic acid groups (broad SMARTS) is 1. The van der Waals surface area contributed by atoms with Crippen LogP contribution in [0.2, 0.25) is 0 Å². The predicted octanol–water partition coefficient (Wildman–Crippen LogP) is 4.30.